The molecular weight excluding hydrogens is 320 g/mol. The van der Waals surface area contributed by atoms with Crippen LogP contribution in [0, 0.1) is 0 Å². The number of anilines is 2. The lowest BCUT2D eigenvalue weighted by atomic mass is 10.2. The maximum absolute atomic E-state index is 12.2. The van der Waals surface area contributed by atoms with E-state index in [-0.39, 0.29) is 17.4 Å². The molecule has 0 fully saturated rings. The SMILES string of the molecule is CCn1ccc(C(=O)Nc2ccc(NC(=O)CN(C)C)cc2)cc1=O. The van der Waals surface area contributed by atoms with E-state index in [1.54, 1.807) is 41.4 Å². The van der Waals surface area contributed by atoms with Crippen molar-refractivity contribution in [1.82, 2.24) is 9.47 Å². The number of amides is 2. The molecule has 0 aliphatic heterocycles. The summed E-state index contributed by atoms with van der Waals surface area (Å²) in [5, 5.41) is 5.50. The number of carbonyl (C=O) groups excluding carboxylic acids is 2. The standard InChI is InChI=1S/C18H22N4O3/c1-4-22-10-9-13(11-17(22)24)18(25)20-15-7-5-14(6-8-15)19-16(23)12-21(2)3/h5-11H,4,12H2,1-3H3,(H,19,23)(H,20,25). The maximum Gasteiger partial charge on any atom is 0.255 e. The minimum Gasteiger partial charge on any atom is -0.325 e. The van der Waals surface area contributed by atoms with Gasteiger partial charge in [0.15, 0.2) is 0 Å². The van der Waals surface area contributed by atoms with Crippen molar-refractivity contribution in [3.05, 3.63) is 58.5 Å². The monoisotopic (exact) mass is 342 g/mol. The highest BCUT2D eigenvalue weighted by Crippen LogP contribution is 2.14. The fraction of sp³-hybridized carbons (Fsp3) is 0.278. The minimum absolute atomic E-state index is 0.113. The first-order chi connectivity index (χ1) is 11.9. The Balaban J connectivity index is 2.01. The van der Waals surface area contributed by atoms with Gasteiger partial charge < -0.3 is 20.1 Å². The molecule has 0 aliphatic carbocycles. The zero-order valence-electron chi connectivity index (χ0n) is 14.6. The Morgan fingerprint density at radius 2 is 1.64 bits per heavy atom. The lowest BCUT2D eigenvalue weighted by molar-refractivity contribution is -0.116. The Morgan fingerprint density at radius 3 is 2.16 bits per heavy atom. The third-order valence-corrected chi connectivity index (χ3v) is 3.49. The number of aromatic nitrogens is 1. The van der Waals surface area contributed by atoms with Crippen molar-refractivity contribution in [1.29, 1.82) is 0 Å². The normalized spacial score (nSPS) is 10.6. The molecule has 1 heterocycles. The van der Waals surface area contributed by atoms with Gasteiger partial charge >= 0.3 is 0 Å². The van der Waals surface area contributed by atoms with Gasteiger partial charge in [0.2, 0.25) is 5.91 Å². The fourth-order valence-corrected chi connectivity index (χ4v) is 2.24. The van der Waals surface area contributed by atoms with Gasteiger partial charge in [0.05, 0.1) is 6.54 Å². The zero-order chi connectivity index (χ0) is 18.4. The summed E-state index contributed by atoms with van der Waals surface area (Å²) in [6, 6.07) is 9.72. The summed E-state index contributed by atoms with van der Waals surface area (Å²) >= 11 is 0. The van der Waals surface area contributed by atoms with Gasteiger partial charge in [-0.2, -0.15) is 0 Å². The molecular formula is C18H22N4O3. The number of hydrogen-bond donors (Lipinski definition) is 2. The third kappa shape index (κ3) is 5.29. The highest BCUT2D eigenvalue weighted by molar-refractivity contribution is 6.04. The second kappa shape index (κ2) is 8.25. The van der Waals surface area contributed by atoms with Crippen LogP contribution >= 0.6 is 0 Å². The molecule has 1 aromatic carbocycles. The number of hydrogen-bond acceptors (Lipinski definition) is 4. The van der Waals surface area contributed by atoms with Crippen LogP contribution in [0.4, 0.5) is 11.4 Å². The highest BCUT2D eigenvalue weighted by Gasteiger charge is 2.08. The molecule has 2 aromatic rings. The second-order valence-electron chi connectivity index (χ2n) is 5.86. The molecule has 7 nitrogen and oxygen atoms in total. The van der Waals surface area contributed by atoms with Gasteiger partial charge in [0.1, 0.15) is 0 Å². The number of carbonyl (C=O) groups is 2. The first-order valence-electron chi connectivity index (χ1n) is 7.95. The number of nitrogens with zero attached hydrogens (tertiary/aromatic N) is 2. The molecule has 1 aromatic heterocycles. The van der Waals surface area contributed by atoms with Crippen LogP contribution in [0.5, 0.6) is 0 Å². The molecule has 0 atom stereocenters. The van der Waals surface area contributed by atoms with Gasteiger partial charge in [0, 0.05) is 35.7 Å². The Hall–Kier alpha value is -2.93. The van der Waals surface area contributed by atoms with Crippen molar-refractivity contribution < 1.29 is 9.59 Å². The van der Waals surface area contributed by atoms with Crippen LogP contribution in [0.25, 0.3) is 0 Å². The van der Waals surface area contributed by atoms with Crippen LogP contribution in [0.2, 0.25) is 0 Å². The summed E-state index contributed by atoms with van der Waals surface area (Å²) in [6.45, 7) is 2.71. The van der Waals surface area contributed by atoms with Crippen LogP contribution < -0.4 is 16.2 Å². The molecule has 132 valence electrons. The number of benzene rings is 1. The second-order valence-corrected chi connectivity index (χ2v) is 5.86. The van der Waals surface area contributed by atoms with E-state index in [0.717, 1.165) is 0 Å². The molecule has 0 saturated carbocycles. The zero-order valence-corrected chi connectivity index (χ0v) is 14.6. The first-order valence-corrected chi connectivity index (χ1v) is 7.95. The molecule has 2 rings (SSSR count). The van der Waals surface area contributed by atoms with E-state index in [2.05, 4.69) is 10.6 Å². The molecule has 0 radical (unpaired) electrons. The predicted octanol–water partition coefficient (Wildman–Crippen LogP) is 1.62. The van der Waals surface area contributed by atoms with Crippen LogP contribution in [-0.4, -0.2) is 41.9 Å². The molecule has 7 heteroatoms. The van der Waals surface area contributed by atoms with Gasteiger partial charge in [-0.05, 0) is 51.4 Å². The summed E-state index contributed by atoms with van der Waals surface area (Å²) in [5.74, 6) is -0.469. The highest BCUT2D eigenvalue weighted by atomic mass is 16.2. The minimum atomic E-state index is -0.357. The van der Waals surface area contributed by atoms with Crippen molar-refractivity contribution in [2.75, 3.05) is 31.3 Å². The van der Waals surface area contributed by atoms with E-state index in [4.69, 9.17) is 0 Å². The molecule has 0 bridgehead atoms. The van der Waals surface area contributed by atoms with Gasteiger partial charge in [-0.1, -0.05) is 0 Å². The Labute approximate surface area is 146 Å². The number of pyridine rings is 1. The maximum atomic E-state index is 12.2. The molecule has 0 spiro atoms. The van der Waals surface area contributed by atoms with Crippen molar-refractivity contribution in [3.63, 3.8) is 0 Å². The van der Waals surface area contributed by atoms with E-state index in [1.165, 1.54) is 10.6 Å². The molecule has 2 amide bonds. The number of nitrogens with one attached hydrogen (secondary N) is 2. The van der Waals surface area contributed by atoms with E-state index >= 15 is 0 Å². The molecule has 0 saturated heterocycles. The smallest absolute Gasteiger partial charge is 0.255 e. The molecule has 0 aliphatic rings. The lowest BCUT2D eigenvalue weighted by Gasteiger charge is -2.11. The number of rotatable bonds is 6. The summed E-state index contributed by atoms with van der Waals surface area (Å²) in [5.41, 5.74) is 1.32. The Morgan fingerprint density at radius 1 is 1.04 bits per heavy atom. The number of aryl methyl sites for hydroxylation is 1. The van der Waals surface area contributed by atoms with E-state index < -0.39 is 0 Å². The van der Waals surface area contributed by atoms with Crippen LogP contribution in [-0.2, 0) is 11.3 Å². The van der Waals surface area contributed by atoms with E-state index in [0.29, 0.717) is 30.0 Å². The van der Waals surface area contributed by atoms with E-state index in [9.17, 15) is 14.4 Å². The fourth-order valence-electron chi connectivity index (χ4n) is 2.24. The Bertz CT molecular complexity index is 810. The van der Waals surface area contributed by atoms with Crippen LogP contribution in [0.15, 0.2) is 47.4 Å². The van der Waals surface area contributed by atoms with E-state index in [1.807, 2.05) is 21.0 Å². The van der Waals surface area contributed by atoms with Gasteiger partial charge in [-0.15, -0.1) is 0 Å². The van der Waals surface area contributed by atoms with Gasteiger partial charge in [-0.3, -0.25) is 14.4 Å². The van der Waals surface area contributed by atoms with Crippen molar-refractivity contribution in [2.45, 2.75) is 13.5 Å². The molecule has 25 heavy (non-hydrogen) atoms. The van der Waals surface area contributed by atoms with Crippen LogP contribution in [0.1, 0.15) is 17.3 Å². The number of likely N-dealkylation sites (N-methyl/N-ethyl adjacent to an activating group) is 1. The van der Waals surface area contributed by atoms with Gasteiger partial charge in [-0.25, -0.2) is 0 Å². The summed E-state index contributed by atoms with van der Waals surface area (Å²) < 4.78 is 1.52. The largest absolute Gasteiger partial charge is 0.325 e. The summed E-state index contributed by atoms with van der Waals surface area (Å²) in [7, 11) is 3.63. The predicted molar refractivity (Wildman–Crippen MR) is 98.0 cm³/mol. The van der Waals surface area contributed by atoms with Crippen molar-refractivity contribution in [3.8, 4) is 0 Å². The first kappa shape index (κ1) is 18.4. The molecule has 0 unspecified atom stereocenters. The third-order valence-electron chi connectivity index (χ3n) is 3.49. The molecule has 2 N–H and O–H groups in total. The summed E-state index contributed by atoms with van der Waals surface area (Å²) in [6.07, 6.45) is 1.60. The van der Waals surface area contributed by atoms with Crippen LogP contribution in [0.3, 0.4) is 0 Å². The quantitative estimate of drug-likeness (QED) is 0.836. The van der Waals surface area contributed by atoms with Crippen molar-refractivity contribution in [2.24, 2.45) is 0 Å². The van der Waals surface area contributed by atoms with Gasteiger partial charge in [0.25, 0.3) is 11.5 Å². The summed E-state index contributed by atoms with van der Waals surface area (Å²) in [4.78, 5) is 37.5. The topological polar surface area (TPSA) is 83.4 Å². The van der Waals surface area contributed by atoms with Crippen molar-refractivity contribution >= 4 is 23.2 Å². The average molecular weight is 342 g/mol. The Kier molecular flexibility index (Phi) is 6.08. The average Bonchev–Trinajstić information content (AvgIpc) is 2.55. The lowest BCUT2D eigenvalue weighted by Crippen LogP contribution is -2.27.